The van der Waals surface area contributed by atoms with Crippen molar-refractivity contribution in [2.24, 2.45) is 0 Å². The number of rotatable bonds is 7. The molecule has 4 rings (SSSR count). The normalized spacial score (nSPS) is 10.9. The second kappa shape index (κ2) is 9.92. The Kier molecular flexibility index (Phi) is 6.79. The molecule has 3 aromatic carbocycles. The summed E-state index contributed by atoms with van der Waals surface area (Å²) in [6.45, 7) is 4.40. The number of carbonyl (C=O) groups is 1. The summed E-state index contributed by atoms with van der Waals surface area (Å²) in [7, 11) is 1.62. The Bertz CT molecular complexity index is 1360. The van der Waals surface area contributed by atoms with E-state index in [1.165, 1.54) is 11.8 Å². The molecule has 168 valence electrons. The fourth-order valence-corrected chi connectivity index (χ4v) is 4.44. The van der Waals surface area contributed by atoms with Crippen LogP contribution in [-0.2, 0) is 11.3 Å². The molecule has 0 saturated heterocycles. The van der Waals surface area contributed by atoms with Crippen LogP contribution in [0.1, 0.15) is 16.7 Å². The van der Waals surface area contributed by atoms with Gasteiger partial charge in [0.1, 0.15) is 5.75 Å². The number of para-hydroxylation sites is 1. The molecule has 0 bridgehead atoms. The number of aryl methyl sites for hydroxylation is 2. The summed E-state index contributed by atoms with van der Waals surface area (Å²) in [5.74, 6) is 0.782. The number of ether oxygens (including phenoxy) is 1. The maximum Gasteiger partial charge on any atom is 0.266 e. The van der Waals surface area contributed by atoms with Crippen LogP contribution in [0, 0.1) is 13.8 Å². The largest absolute Gasteiger partial charge is 0.497 e. The third-order valence-electron chi connectivity index (χ3n) is 5.32. The first-order chi connectivity index (χ1) is 16.0. The summed E-state index contributed by atoms with van der Waals surface area (Å²) in [5.41, 5.74) is 4.30. The molecule has 0 aliphatic carbocycles. The van der Waals surface area contributed by atoms with E-state index >= 15 is 0 Å². The van der Waals surface area contributed by atoms with Gasteiger partial charge in [-0.1, -0.05) is 53.7 Å². The van der Waals surface area contributed by atoms with Crippen molar-refractivity contribution in [2.45, 2.75) is 25.5 Å². The van der Waals surface area contributed by atoms with Gasteiger partial charge in [0.2, 0.25) is 5.91 Å². The van der Waals surface area contributed by atoms with Crippen molar-refractivity contribution in [1.29, 1.82) is 0 Å². The van der Waals surface area contributed by atoms with Gasteiger partial charge in [0.25, 0.3) is 5.56 Å². The smallest absolute Gasteiger partial charge is 0.266 e. The minimum atomic E-state index is -0.145. The maximum absolute atomic E-state index is 13.4. The van der Waals surface area contributed by atoms with Gasteiger partial charge in [0, 0.05) is 6.54 Å². The molecule has 0 spiro atoms. The number of nitrogens with zero attached hydrogens (tertiary/aromatic N) is 2. The summed E-state index contributed by atoms with van der Waals surface area (Å²) in [4.78, 5) is 30.7. The van der Waals surface area contributed by atoms with Gasteiger partial charge in [-0.3, -0.25) is 14.2 Å². The fourth-order valence-electron chi connectivity index (χ4n) is 3.60. The molecule has 0 radical (unpaired) electrons. The molecular formula is C26H25N3O3S. The highest BCUT2D eigenvalue weighted by molar-refractivity contribution is 7.99. The highest BCUT2D eigenvalue weighted by Gasteiger charge is 2.16. The molecule has 0 fully saturated rings. The molecule has 0 aliphatic rings. The fraction of sp³-hybridized carbons (Fsp3) is 0.192. The number of nitrogens with one attached hydrogen (secondary N) is 1. The van der Waals surface area contributed by atoms with E-state index < -0.39 is 0 Å². The van der Waals surface area contributed by atoms with Crippen molar-refractivity contribution in [1.82, 2.24) is 14.9 Å². The van der Waals surface area contributed by atoms with E-state index in [9.17, 15) is 9.59 Å². The highest BCUT2D eigenvalue weighted by Crippen LogP contribution is 2.23. The van der Waals surface area contributed by atoms with Crippen LogP contribution in [0.15, 0.2) is 76.7 Å². The zero-order valence-electron chi connectivity index (χ0n) is 18.8. The van der Waals surface area contributed by atoms with E-state index in [0.29, 0.717) is 22.6 Å². The average Bonchev–Trinajstić information content (AvgIpc) is 2.82. The second-order valence-corrected chi connectivity index (χ2v) is 8.70. The predicted octanol–water partition coefficient (Wildman–Crippen LogP) is 4.42. The Morgan fingerprint density at radius 1 is 1.06 bits per heavy atom. The molecule has 0 saturated carbocycles. The number of carbonyl (C=O) groups excluding carboxylic acids is 1. The third kappa shape index (κ3) is 5.09. The van der Waals surface area contributed by atoms with Crippen LogP contribution in [0.4, 0.5) is 0 Å². The predicted molar refractivity (Wildman–Crippen MR) is 132 cm³/mol. The SMILES string of the molecule is COc1ccc(CNC(=O)CSc2nc3ccccc3c(=O)n2-c2ccc(C)cc2C)cc1. The number of fused-ring (bicyclic) bond motifs is 1. The quantitative estimate of drug-likeness (QED) is 0.327. The number of methoxy groups -OCH3 is 1. The number of hydrogen-bond acceptors (Lipinski definition) is 5. The van der Waals surface area contributed by atoms with Crippen molar-refractivity contribution in [2.75, 3.05) is 12.9 Å². The molecule has 0 aliphatic heterocycles. The van der Waals surface area contributed by atoms with Crippen molar-refractivity contribution < 1.29 is 9.53 Å². The molecular weight excluding hydrogens is 434 g/mol. The Hall–Kier alpha value is -3.58. The molecule has 1 N–H and O–H groups in total. The van der Waals surface area contributed by atoms with Crippen LogP contribution in [0.2, 0.25) is 0 Å². The summed E-state index contributed by atoms with van der Waals surface area (Å²) in [6.07, 6.45) is 0. The van der Waals surface area contributed by atoms with Gasteiger partial charge < -0.3 is 10.1 Å². The van der Waals surface area contributed by atoms with E-state index in [2.05, 4.69) is 5.32 Å². The van der Waals surface area contributed by atoms with Crippen LogP contribution in [0.25, 0.3) is 16.6 Å². The lowest BCUT2D eigenvalue weighted by molar-refractivity contribution is -0.118. The Morgan fingerprint density at radius 2 is 1.82 bits per heavy atom. The number of amides is 1. The average molecular weight is 460 g/mol. The standard InChI is InChI=1S/C26H25N3O3S/c1-17-8-13-23(18(2)14-17)29-25(31)21-6-4-5-7-22(21)28-26(29)33-16-24(30)27-15-19-9-11-20(32-3)12-10-19/h4-14H,15-16H2,1-3H3,(H,27,30). The van der Waals surface area contributed by atoms with Gasteiger partial charge in [-0.05, 0) is 55.3 Å². The minimum absolute atomic E-state index is 0.134. The second-order valence-electron chi connectivity index (χ2n) is 7.76. The Labute approximate surface area is 196 Å². The molecule has 33 heavy (non-hydrogen) atoms. The summed E-state index contributed by atoms with van der Waals surface area (Å²) >= 11 is 1.25. The van der Waals surface area contributed by atoms with Crippen molar-refractivity contribution >= 4 is 28.6 Å². The molecule has 6 nitrogen and oxygen atoms in total. The summed E-state index contributed by atoms with van der Waals surface area (Å²) in [5, 5.41) is 3.96. The maximum atomic E-state index is 13.4. The third-order valence-corrected chi connectivity index (χ3v) is 6.26. The first kappa shape index (κ1) is 22.6. The van der Waals surface area contributed by atoms with Crippen molar-refractivity contribution in [3.63, 3.8) is 0 Å². The topological polar surface area (TPSA) is 73.2 Å². The number of thioether (sulfide) groups is 1. The van der Waals surface area contributed by atoms with Crippen molar-refractivity contribution in [3.05, 3.63) is 93.8 Å². The van der Waals surface area contributed by atoms with Gasteiger partial charge in [-0.2, -0.15) is 0 Å². The monoisotopic (exact) mass is 459 g/mol. The van der Waals surface area contributed by atoms with E-state index in [4.69, 9.17) is 9.72 Å². The van der Waals surface area contributed by atoms with Crippen LogP contribution in [-0.4, -0.2) is 28.3 Å². The van der Waals surface area contributed by atoms with Crippen molar-refractivity contribution in [3.8, 4) is 11.4 Å². The van der Waals surface area contributed by atoms with Crippen LogP contribution in [0.3, 0.4) is 0 Å². The zero-order chi connectivity index (χ0) is 23.4. The lowest BCUT2D eigenvalue weighted by Gasteiger charge is -2.15. The first-order valence-corrected chi connectivity index (χ1v) is 11.6. The number of aromatic nitrogens is 2. The van der Waals surface area contributed by atoms with Crippen LogP contribution >= 0.6 is 11.8 Å². The zero-order valence-corrected chi connectivity index (χ0v) is 19.6. The molecule has 0 atom stereocenters. The van der Waals surface area contributed by atoms with E-state index in [0.717, 1.165) is 28.1 Å². The molecule has 0 unspecified atom stereocenters. The molecule has 1 aromatic heterocycles. The summed E-state index contributed by atoms with van der Waals surface area (Å²) in [6, 6.07) is 20.8. The number of hydrogen-bond donors (Lipinski definition) is 1. The van der Waals surface area contributed by atoms with Crippen LogP contribution < -0.4 is 15.6 Å². The van der Waals surface area contributed by atoms with Gasteiger partial charge in [0.05, 0.1) is 29.5 Å². The molecule has 1 amide bonds. The van der Waals surface area contributed by atoms with Crippen LogP contribution in [0.5, 0.6) is 5.75 Å². The number of benzene rings is 3. The summed E-state index contributed by atoms with van der Waals surface area (Å²) < 4.78 is 6.77. The minimum Gasteiger partial charge on any atom is -0.497 e. The molecule has 7 heteroatoms. The lowest BCUT2D eigenvalue weighted by atomic mass is 10.1. The van der Waals surface area contributed by atoms with Gasteiger partial charge in [0.15, 0.2) is 5.16 Å². The van der Waals surface area contributed by atoms with E-state index in [1.807, 2.05) is 74.5 Å². The van der Waals surface area contributed by atoms with E-state index in [1.54, 1.807) is 17.7 Å². The molecule has 4 aromatic rings. The van der Waals surface area contributed by atoms with E-state index in [-0.39, 0.29) is 17.2 Å². The lowest BCUT2D eigenvalue weighted by Crippen LogP contribution is -2.26. The van der Waals surface area contributed by atoms with Gasteiger partial charge >= 0.3 is 0 Å². The Morgan fingerprint density at radius 3 is 2.55 bits per heavy atom. The van der Waals surface area contributed by atoms with Gasteiger partial charge in [-0.25, -0.2) is 4.98 Å². The molecule has 1 heterocycles. The Balaban J connectivity index is 1.58. The first-order valence-electron chi connectivity index (χ1n) is 10.6. The van der Waals surface area contributed by atoms with Gasteiger partial charge in [-0.15, -0.1) is 0 Å². The highest BCUT2D eigenvalue weighted by atomic mass is 32.2.